The fraction of sp³-hybridized carbons (Fsp3) is 0. The third-order valence-electron chi connectivity index (χ3n) is 1.45. The predicted octanol–water partition coefficient (Wildman–Crippen LogP) is 2.00. The Labute approximate surface area is 64.8 Å². The van der Waals surface area contributed by atoms with Crippen molar-refractivity contribution in [3.63, 3.8) is 0 Å². The number of nitrogens with zero attached hydrogens (tertiary/aromatic N) is 1. The molecule has 0 spiro atoms. The minimum atomic E-state index is 0.664. The van der Waals surface area contributed by atoms with E-state index in [1.54, 1.807) is 12.5 Å². The van der Waals surface area contributed by atoms with E-state index in [0.717, 1.165) is 5.56 Å². The first kappa shape index (κ1) is 6.16. The minimum Gasteiger partial charge on any atom is -0.446 e. The summed E-state index contributed by atoms with van der Waals surface area (Å²) in [5.74, 6) is 0.664. The van der Waals surface area contributed by atoms with Crippen LogP contribution >= 0.6 is 0 Å². The molecule has 1 aliphatic heterocycles. The maximum atomic E-state index is 5.19. The van der Waals surface area contributed by atoms with E-state index < -0.39 is 0 Å². The molecule has 1 aromatic rings. The van der Waals surface area contributed by atoms with Crippen LogP contribution in [0.5, 0.6) is 5.88 Å². The van der Waals surface area contributed by atoms with Crippen LogP contribution < -0.4 is 4.74 Å². The van der Waals surface area contributed by atoms with Crippen LogP contribution in [-0.2, 0) is 0 Å². The van der Waals surface area contributed by atoms with Crippen LogP contribution in [0.1, 0.15) is 5.56 Å². The molecule has 0 saturated heterocycles. The molecule has 11 heavy (non-hydrogen) atoms. The average Bonchev–Trinajstić information content (AvgIpc) is 2.28. The highest BCUT2D eigenvalue weighted by atomic mass is 16.5. The van der Waals surface area contributed by atoms with Gasteiger partial charge in [0.05, 0.1) is 6.26 Å². The van der Waals surface area contributed by atoms with Crippen molar-refractivity contribution < 1.29 is 4.74 Å². The molecule has 2 rings (SSSR count). The van der Waals surface area contributed by atoms with Gasteiger partial charge in [0.15, 0.2) is 0 Å². The molecule has 54 valence electrons. The number of hydrogen-bond acceptors (Lipinski definition) is 2. The van der Waals surface area contributed by atoms with Crippen LogP contribution in [0.3, 0.4) is 0 Å². The van der Waals surface area contributed by atoms with Crippen LogP contribution in [0.25, 0.3) is 6.08 Å². The molecule has 0 aromatic carbocycles. The van der Waals surface area contributed by atoms with Crippen molar-refractivity contribution in [1.29, 1.82) is 0 Å². The summed E-state index contributed by atoms with van der Waals surface area (Å²) in [5, 5.41) is 0. The third kappa shape index (κ3) is 1.15. The number of fused-ring (bicyclic) bond motifs is 1. The number of allylic oxidation sites excluding steroid dienone is 2. The first-order valence-electron chi connectivity index (χ1n) is 3.42. The van der Waals surface area contributed by atoms with Crippen molar-refractivity contribution in [2.45, 2.75) is 0 Å². The van der Waals surface area contributed by atoms with Crippen LogP contribution in [-0.4, -0.2) is 4.98 Å². The molecule has 2 heterocycles. The van der Waals surface area contributed by atoms with Gasteiger partial charge in [-0.3, -0.25) is 0 Å². The second kappa shape index (κ2) is 2.58. The minimum absolute atomic E-state index is 0.664. The molecule has 0 amide bonds. The zero-order chi connectivity index (χ0) is 7.52. The van der Waals surface area contributed by atoms with Gasteiger partial charge in [0.1, 0.15) is 0 Å². The van der Waals surface area contributed by atoms with Gasteiger partial charge in [0.25, 0.3) is 0 Å². The third-order valence-corrected chi connectivity index (χ3v) is 1.45. The van der Waals surface area contributed by atoms with E-state index in [4.69, 9.17) is 4.74 Å². The molecule has 0 bridgehead atoms. The Morgan fingerprint density at radius 3 is 3.27 bits per heavy atom. The standard InChI is InChI=1S/C9H7NO/c1-2-7-11-9-8(4-1)5-3-6-10-9/h1-7H. The van der Waals surface area contributed by atoms with E-state index in [-0.39, 0.29) is 0 Å². The topological polar surface area (TPSA) is 22.1 Å². The number of rotatable bonds is 0. The summed E-state index contributed by atoms with van der Waals surface area (Å²) in [5.41, 5.74) is 1.01. The lowest BCUT2D eigenvalue weighted by molar-refractivity contribution is 0.461. The van der Waals surface area contributed by atoms with Gasteiger partial charge in [-0.25, -0.2) is 4.98 Å². The van der Waals surface area contributed by atoms with Crippen molar-refractivity contribution in [1.82, 2.24) is 4.98 Å². The molecular formula is C9H7NO. The Kier molecular flexibility index (Phi) is 1.44. The number of ether oxygens (including phenoxy) is 1. The molecule has 0 aliphatic carbocycles. The molecule has 2 nitrogen and oxygen atoms in total. The normalized spacial score (nSPS) is 13.5. The van der Waals surface area contributed by atoms with Gasteiger partial charge in [-0.05, 0) is 24.3 Å². The number of hydrogen-bond donors (Lipinski definition) is 0. The van der Waals surface area contributed by atoms with E-state index >= 15 is 0 Å². The molecule has 0 N–H and O–H groups in total. The Morgan fingerprint density at radius 2 is 2.27 bits per heavy atom. The number of pyridine rings is 1. The average molecular weight is 145 g/mol. The Bertz CT molecular complexity index is 315. The molecule has 1 aliphatic rings. The second-order valence-electron chi connectivity index (χ2n) is 2.20. The first-order valence-corrected chi connectivity index (χ1v) is 3.42. The lowest BCUT2D eigenvalue weighted by Crippen LogP contribution is -1.86. The quantitative estimate of drug-likeness (QED) is 0.557. The van der Waals surface area contributed by atoms with Gasteiger partial charge in [-0.1, -0.05) is 6.08 Å². The van der Waals surface area contributed by atoms with Crippen LogP contribution in [0, 0.1) is 0 Å². The van der Waals surface area contributed by atoms with Crippen molar-refractivity contribution in [2.24, 2.45) is 0 Å². The summed E-state index contributed by atoms with van der Waals surface area (Å²) in [6.07, 6.45) is 9.06. The van der Waals surface area contributed by atoms with Gasteiger partial charge in [-0.15, -0.1) is 0 Å². The van der Waals surface area contributed by atoms with Gasteiger partial charge in [0.2, 0.25) is 5.88 Å². The second-order valence-corrected chi connectivity index (χ2v) is 2.20. The van der Waals surface area contributed by atoms with Crippen LogP contribution in [0.2, 0.25) is 0 Å². The smallest absolute Gasteiger partial charge is 0.225 e. The monoisotopic (exact) mass is 145 g/mol. The van der Waals surface area contributed by atoms with Crippen molar-refractivity contribution in [3.8, 4) is 5.88 Å². The summed E-state index contributed by atoms with van der Waals surface area (Å²) in [6.45, 7) is 0. The fourth-order valence-electron chi connectivity index (χ4n) is 0.937. The molecule has 0 unspecified atom stereocenters. The molecule has 0 atom stereocenters. The largest absolute Gasteiger partial charge is 0.446 e. The highest BCUT2D eigenvalue weighted by molar-refractivity contribution is 5.56. The van der Waals surface area contributed by atoms with E-state index in [1.165, 1.54) is 0 Å². The van der Waals surface area contributed by atoms with Crippen molar-refractivity contribution >= 4 is 6.08 Å². The van der Waals surface area contributed by atoms with E-state index in [2.05, 4.69) is 4.98 Å². The highest BCUT2D eigenvalue weighted by Gasteiger charge is 1.99. The molecular weight excluding hydrogens is 138 g/mol. The zero-order valence-electron chi connectivity index (χ0n) is 5.90. The maximum Gasteiger partial charge on any atom is 0.225 e. The summed E-state index contributed by atoms with van der Waals surface area (Å²) < 4.78 is 5.19. The van der Waals surface area contributed by atoms with Gasteiger partial charge >= 0.3 is 0 Å². The fourth-order valence-corrected chi connectivity index (χ4v) is 0.937. The molecule has 0 saturated carbocycles. The van der Waals surface area contributed by atoms with Gasteiger partial charge in [0, 0.05) is 11.8 Å². The highest BCUT2D eigenvalue weighted by Crippen LogP contribution is 2.17. The van der Waals surface area contributed by atoms with Crippen LogP contribution in [0.4, 0.5) is 0 Å². The zero-order valence-corrected chi connectivity index (χ0v) is 5.90. The molecule has 1 aromatic heterocycles. The summed E-state index contributed by atoms with van der Waals surface area (Å²) in [6, 6.07) is 3.85. The van der Waals surface area contributed by atoms with Crippen molar-refractivity contribution in [2.75, 3.05) is 0 Å². The molecule has 0 fully saturated rings. The molecule has 2 heteroatoms. The Hall–Kier alpha value is -1.57. The predicted molar refractivity (Wildman–Crippen MR) is 43.0 cm³/mol. The van der Waals surface area contributed by atoms with E-state index in [1.807, 2.05) is 30.4 Å². The lowest BCUT2D eigenvalue weighted by atomic mass is 10.2. The van der Waals surface area contributed by atoms with E-state index in [0.29, 0.717) is 5.88 Å². The molecule has 0 radical (unpaired) electrons. The Balaban J connectivity index is 2.52. The maximum absolute atomic E-state index is 5.19. The first-order chi connectivity index (χ1) is 5.47. The SMILES string of the molecule is C1=COc2ncccc2C=C1. The summed E-state index contributed by atoms with van der Waals surface area (Å²) >= 11 is 0. The van der Waals surface area contributed by atoms with Gasteiger partial charge < -0.3 is 4.74 Å². The Morgan fingerprint density at radius 1 is 1.27 bits per heavy atom. The summed E-state index contributed by atoms with van der Waals surface area (Å²) in [7, 11) is 0. The van der Waals surface area contributed by atoms with Crippen LogP contribution in [0.15, 0.2) is 36.7 Å². The number of aromatic nitrogens is 1. The van der Waals surface area contributed by atoms with E-state index in [9.17, 15) is 0 Å². The van der Waals surface area contributed by atoms with Gasteiger partial charge in [-0.2, -0.15) is 0 Å². The van der Waals surface area contributed by atoms with Crippen molar-refractivity contribution in [3.05, 3.63) is 42.3 Å². The lowest BCUT2D eigenvalue weighted by Gasteiger charge is -1.99. The summed E-state index contributed by atoms with van der Waals surface area (Å²) in [4.78, 5) is 4.05.